The van der Waals surface area contributed by atoms with Crippen molar-refractivity contribution in [1.29, 1.82) is 0 Å². The van der Waals surface area contributed by atoms with Gasteiger partial charge in [-0.15, -0.1) is 11.3 Å². The average molecular weight is 291 g/mol. The van der Waals surface area contributed by atoms with Crippen LogP contribution in [-0.4, -0.2) is 18.8 Å². The highest BCUT2D eigenvalue weighted by Gasteiger charge is 2.58. The van der Waals surface area contributed by atoms with Crippen molar-refractivity contribution in [2.24, 2.45) is 11.3 Å². The average Bonchev–Trinajstić information content (AvgIpc) is 2.94. The topological polar surface area (TPSA) is 21.3 Å². The van der Waals surface area contributed by atoms with Crippen molar-refractivity contribution in [3.63, 3.8) is 0 Å². The summed E-state index contributed by atoms with van der Waals surface area (Å²) < 4.78 is 6.03. The van der Waals surface area contributed by atoms with Crippen LogP contribution in [0.2, 0.25) is 0 Å². The normalized spacial score (nSPS) is 38.7. The van der Waals surface area contributed by atoms with Crippen LogP contribution in [-0.2, 0) is 11.2 Å². The molecule has 1 aliphatic heterocycles. The standard InChI is InChI=1S/C17H25NOS/c1-17(2)15(12-5-4-9-19-16(12)17)18-13-6-3-7-14-11(13)8-10-20-14/h8,10,12-13,15-16,18H,3-7,9H2,1-2H3. The second-order valence-corrected chi connectivity index (χ2v) is 8.31. The number of aryl methyl sites for hydroxylation is 1. The Morgan fingerprint density at radius 2 is 2.20 bits per heavy atom. The molecule has 2 aliphatic carbocycles. The van der Waals surface area contributed by atoms with Crippen molar-refractivity contribution in [3.8, 4) is 0 Å². The highest BCUT2D eigenvalue weighted by atomic mass is 32.1. The van der Waals surface area contributed by atoms with E-state index in [0.717, 1.165) is 12.5 Å². The van der Waals surface area contributed by atoms with Crippen LogP contribution in [0.15, 0.2) is 11.4 Å². The minimum absolute atomic E-state index is 0.290. The number of hydrogen-bond acceptors (Lipinski definition) is 3. The number of ether oxygens (including phenoxy) is 1. The van der Waals surface area contributed by atoms with E-state index in [0.29, 0.717) is 23.6 Å². The summed E-state index contributed by atoms with van der Waals surface area (Å²) in [5.41, 5.74) is 1.87. The lowest BCUT2D eigenvalue weighted by Crippen LogP contribution is -2.69. The van der Waals surface area contributed by atoms with Crippen LogP contribution in [0.3, 0.4) is 0 Å². The third kappa shape index (κ3) is 1.90. The molecule has 0 radical (unpaired) electrons. The van der Waals surface area contributed by atoms with E-state index in [9.17, 15) is 0 Å². The monoisotopic (exact) mass is 291 g/mol. The van der Waals surface area contributed by atoms with Crippen LogP contribution < -0.4 is 5.32 Å². The van der Waals surface area contributed by atoms with Gasteiger partial charge < -0.3 is 10.1 Å². The predicted molar refractivity (Wildman–Crippen MR) is 83.2 cm³/mol. The molecule has 1 saturated carbocycles. The van der Waals surface area contributed by atoms with Crippen molar-refractivity contribution in [2.75, 3.05) is 6.61 Å². The molecule has 4 unspecified atom stereocenters. The second kappa shape index (κ2) is 4.82. The number of fused-ring (bicyclic) bond motifs is 2. The fourth-order valence-corrected chi connectivity index (χ4v) is 5.72. The quantitative estimate of drug-likeness (QED) is 0.892. The maximum Gasteiger partial charge on any atom is 0.0684 e. The summed E-state index contributed by atoms with van der Waals surface area (Å²) in [7, 11) is 0. The van der Waals surface area contributed by atoms with Crippen molar-refractivity contribution in [3.05, 3.63) is 21.9 Å². The number of thiophene rings is 1. The van der Waals surface area contributed by atoms with Gasteiger partial charge in [-0.1, -0.05) is 13.8 Å². The zero-order valence-corrected chi connectivity index (χ0v) is 13.3. The Bertz CT molecular complexity index is 495. The fraction of sp³-hybridized carbons (Fsp3) is 0.765. The van der Waals surface area contributed by atoms with Crippen LogP contribution in [0.4, 0.5) is 0 Å². The molecule has 0 spiro atoms. The molecule has 1 aromatic heterocycles. The molecule has 3 aliphatic rings. The van der Waals surface area contributed by atoms with Gasteiger partial charge in [-0.25, -0.2) is 0 Å². The van der Waals surface area contributed by atoms with Gasteiger partial charge in [0.05, 0.1) is 6.10 Å². The smallest absolute Gasteiger partial charge is 0.0684 e. The van der Waals surface area contributed by atoms with E-state index in [2.05, 4.69) is 30.6 Å². The largest absolute Gasteiger partial charge is 0.377 e. The zero-order chi connectivity index (χ0) is 13.7. The Labute approximate surface area is 125 Å². The van der Waals surface area contributed by atoms with E-state index in [4.69, 9.17) is 4.74 Å². The maximum atomic E-state index is 6.03. The zero-order valence-electron chi connectivity index (χ0n) is 12.5. The van der Waals surface area contributed by atoms with Crippen LogP contribution in [0.1, 0.15) is 56.0 Å². The molecule has 1 aromatic rings. The van der Waals surface area contributed by atoms with E-state index in [1.54, 1.807) is 10.4 Å². The lowest BCUT2D eigenvalue weighted by atomic mass is 9.55. The molecule has 4 atom stereocenters. The molecule has 110 valence electrons. The molecule has 2 heterocycles. The SMILES string of the molecule is CC1(C)C(NC2CCCc3sccc32)C2CCCOC21. The van der Waals surface area contributed by atoms with Gasteiger partial charge in [-0.05, 0) is 49.1 Å². The van der Waals surface area contributed by atoms with Crippen molar-refractivity contribution < 1.29 is 4.74 Å². The van der Waals surface area contributed by atoms with Crippen LogP contribution >= 0.6 is 11.3 Å². The summed E-state index contributed by atoms with van der Waals surface area (Å²) in [5.74, 6) is 0.739. The van der Waals surface area contributed by atoms with Gasteiger partial charge in [0.2, 0.25) is 0 Å². The molecular formula is C17H25NOS. The third-order valence-electron chi connectivity index (χ3n) is 5.76. The highest BCUT2D eigenvalue weighted by Crippen LogP contribution is 2.52. The summed E-state index contributed by atoms with van der Waals surface area (Å²) in [4.78, 5) is 1.61. The summed E-state index contributed by atoms with van der Waals surface area (Å²) >= 11 is 1.94. The van der Waals surface area contributed by atoms with E-state index >= 15 is 0 Å². The molecule has 0 amide bonds. The molecule has 1 N–H and O–H groups in total. The van der Waals surface area contributed by atoms with E-state index in [-0.39, 0.29) is 0 Å². The first-order valence-corrected chi connectivity index (χ1v) is 9.00. The van der Waals surface area contributed by atoms with E-state index in [1.807, 2.05) is 11.3 Å². The Hall–Kier alpha value is -0.380. The lowest BCUT2D eigenvalue weighted by Gasteiger charge is -2.61. The van der Waals surface area contributed by atoms with Gasteiger partial charge in [0, 0.05) is 34.9 Å². The van der Waals surface area contributed by atoms with Crippen molar-refractivity contribution in [2.45, 2.75) is 64.1 Å². The van der Waals surface area contributed by atoms with Gasteiger partial charge in [0.15, 0.2) is 0 Å². The third-order valence-corrected chi connectivity index (χ3v) is 6.76. The minimum atomic E-state index is 0.290. The van der Waals surface area contributed by atoms with Gasteiger partial charge in [0.25, 0.3) is 0 Å². The van der Waals surface area contributed by atoms with Gasteiger partial charge in [0.1, 0.15) is 0 Å². The number of nitrogens with one attached hydrogen (secondary N) is 1. The lowest BCUT2D eigenvalue weighted by molar-refractivity contribution is -0.194. The van der Waals surface area contributed by atoms with Crippen LogP contribution in [0.25, 0.3) is 0 Å². The molecule has 4 rings (SSSR count). The molecule has 2 fully saturated rings. The summed E-state index contributed by atoms with van der Waals surface area (Å²) in [6, 6.07) is 3.55. The Morgan fingerprint density at radius 3 is 3.10 bits per heavy atom. The Kier molecular flexibility index (Phi) is 3.21. The first-order valence-electron chi connectivity index (χ1n) is 8.12. The summed E-state index contributed by atoms with van der Waals surface area (Å²) in [6.07, 6.45) is 6.99. The summed E-state index contributed by atoms with van der Waals surface area (Å²) in [5, 5.41) is 6.28. The van der Waals surface area contributed by atoms with Crippen LogP contribution in [0.5, 0.6) is 0 Å². The molecule has 2 nitrogen and oxygen atoms in total. The highest BCUT2D eigenvalue weighted by molar-refractivity contribution is 7.10. The molecular weight excluding hydrogens is 266 g/mol. The Balaban J connectivity index is 1.53. The number of rotatable bonds is 2. The molecule has 1 saturated heterocycles. The van der Waals surface area contributed by atoms with Crippen molar-refractivity contribution in [1.82, 2.24) is 5.32 Å². The fourth-order valence-electron chi connectivity index (χ4n) is 4.74. The second-order valence-electron chi connectivity index (χ2n) is 7.31. The maximum absolute atomic E-state index is 6.03. The van der Waals surface area contributed by atoms with E-state index < -0.39 is 0 Å². The first kappa shape index (κ1) is 13.3. The van der Waals surface area contributed by atoms with E-state index in [1.165, 1.54) is 32.1 Å². The molecule has 0 bridgehead atoms. The van der Waals surface area contributed by atoms with Gasteiger partial charge in [-0.2, -0.15) is 0 Å². The predicted octanol–water partition coefficient (Wildman–Crippen LogP) is 3.92. The summed E-state index contributed by atoms with van der Waals surface area (Å²) in [6.45, 7) is 5.73. The Morgan fingerprint density at radius 1 is 1.30 bits per heavy atom. The minimum Gasteiger partial charge on any atom is -0.377 e. The molecule has 0 aromatic carbocycles. The molecule has 20 heavy (non-hydrogen) atoms. The van der Waals surface area contributed by atoms with Gasteiger partial charge in [-0.3, -0.25) is 0 Å². The van der Waals surface area contributed by atoms with Crippen LogP contribution in [0, 0.1) is 11.3 Å². The molecule has 3 heteroatoms. The van der Waals surface area contributed by atoms with Gasteiger partial charge >= 0.3 is 0 Å². The first-order chi connectivity index (χ1) is 9.68. The van der Waals surface area contributed by atoms with Crippen molar-refractivity contribution >= 4 is 11.3 Å². The number of hydrogen-bond donors (Lipinski definition) is 1.